The van der Waals surface area contributed by atoms with Gasteiger partial charge in [-0.3, -0.25) is 0 Å². The van der Waals surface area contributed by atoms with E-state index >= 15 is 0 Å². The minimum atomic E-state index is -0.246. The highest BCUT2D eigenvalue weighted by Gasteiger charge is 2.15. The monoisotopic (exact) mass is 231 g/mol. The third-order valence-corrected chi connectivity index (χ3v) is 2.90. The molecule has 1 aromatic rings. The fourth-order valence-electron chi connectivity index (χ4n) is 1.77. The summed E-state index contributed by atoms with van der Waals surface area (Å²) in [5.41, 5.74) is 2.10. The van der Waals surface area contributed by atoms with Crippen molar-refractivity contribution in [3.05, 3.63) is 29.3 Å². The first kappa shape index (κ1) is 13.6. The highest BCUT2D eigenvalue weighted by atomic mass is 16.5. The van der Waals surface area contributed by atoms with Crippen molar-refractivity contribution in [2.75, 3.05) is 6.61 Å². The van der Waals surface area contributed by atoms with Gasteiger partial charge in [0, 0.05) is 0 Å². The summed E-state index contributed by atoms with van der Waals surface area (Å²) in [5, 5.41) is 8.91. The molecule has 0 aliphatic rings. The average Bonchev–Trinajstić information content (AvgIpc) is 2.27. The molecule has 0 bridgehead atoms. The van der Waals surface area contributed by atoms with Crippen LogP contribution in [0, 0.1) is 30.6 Å². The molecular weight excluding hydrogens is 210 g/mol. The number of para-hydroxylation sites is 1. The molecule has 1 rings (SSSR count). The second-order valence-corrected chi connectivity index (χ2v) is 5.17. The van der Waals surface area contributed by atoms with Crippen LogP contribution in [0.3, 0.4) is 0 Å². The van der Waals surface area contributed by atoms with Crippen molar-refractivity contribution in [1.29, 1.82) is 5.26 Å². The molecule has 0 saturated carbocycles. The van der Waals surface area contributed by atoms with Crippen LogP contribution in [0.15, 0.2) is 18.2 Å². The molecule has 0 aliphatic heterocycles. The second-order valence-electron chi connectivity index (χ2n) is 5.17. The summed E-state index contributed by atoms with van der Waals surface area (Å²) in [4.78, 5) is 0. The van der Waals surface area contributed by atoms with Crippen LogP contribution in [0.25, 0.3) is 0 Å². The average molecular weight is 231 g/mol. The van der Waals surface area contributed by atoms with Gasteiger partial charge in [0.15, 0.2) is 0 Å². The van der Waals surface area contributed by atoms with Gasteiger partial charge in [0.1, 0.15) is 5.75 Å². The number of hydrogen-bond acceptors (Lipinski definition) is 2. The maximum Gasteiger partial charge on any atom is 0.125 e. The first-order valence-electron chi connectivity index (χ1n) is 6.06. The van der Waals surface area contributed by atoms with Gasteiger partial charge in [-0.05, 0) is 51.7 Å². The van der Waals surface area contributed by atoms with Gasteiger partial charge >= 0.3 is 0 Å². The number of ether oxygens (including phenoxy) is 1. The zero-order valence-electron chi connectivity index (χ0n) is 11.2. The minimum absolute atomic E-state index is 0.246. The lowest BCUT2D eigenvalue weighted by Gasteiger charge is -2.16. The van der Waals surface area contributed by atoms with E-state index in [1.807, 2.05) is 19.9 Å². The van der Waals surface area contributed by atoms with Gasteiger partial charge in [0.25, 0.3) is 0 Å². The van der Waals surface area contributed by atoms with Crippen molar-refractivity contribution in [2.24, 2.45) is 5.41 Å². The first-order valence-corrected chi connectivity index (χ1v) is 6.06. The minimum Gasteiger partial charge on any atom is -0.493 e. The summed E-state index contributed by atoms with van der Waals surface area (Å²) >= 11 is 0. The smallest absolute Gasteiger partial charge is 0.125 e. The molecule has 1 aromatic carbocycles. The van der Waals surface area contributed by atoms with Gasteiger partial charge in [-0.2, -0.15) is 5.26 Å². The topological polar surface area (TPSA) is 33.0 Å². The molecule has 0 N–H and O–H groups in total. The van der Waals surface area contributed by atoms with Crippen LogP contribution >= 0.6 is 0 Å². The Hall–Kier alpha value is -1.49. The molecule has 2 heteroatoms. The van der Waals surface area contributed by atoms with E-state index in [4.69, 9.17) is 10.00 Å². The molecule has 17 heavy (non-hydrogen) atoms. The molecule has 92 valence electrons. The lowest BCUT2D eigenvalue weighted by molar-refractivity contribution is 0.281. The van der Waals surface area contributed by atoms with Crippen LogP contribution in [0.5, 0.6) is 5.75 Å². The Morgan fingerprint density at radius 3 is 2.35 bits per heavy atom. The fourth-order valence-corrected chi connectivity index (χ4v) is 1.77. The lowest BCUT2D eigenvalue weighted by atomic mass is 9.90. The number of benzene rings is 1. The predicted octanol–water partition coefficient (Wildman–Crippen LogP) is 4.01. The molecule has 0 aromatic heterocycles. The highest BCUT2D eigenvalue weighted by Crippen LogP contribution is 2.24. The molecule has 0 aliphatic carbocycles. The Balaban J connectivity index is 2.45. The molecule has 2 nitrogen and oxygen atoms in total. The van der Waals surface area contributed by atoms with E-state index in [2.05, 4.69) is 32.0 Å². The Kier molecular flexibility index (Phi) is 4.57. The van der Waals surface area contributed by atoms with E-state index in [0.717, 1.165) is 18.6 Å². The van der Waals surface area contributed by atoms with Crippen LogP contribution in [-0.2, 0) is 0 Å². The number of hydrogen-bond donors (Lipinski definition) is 0. The molecule has 0 heterocycles. The lowest BCUT2D eigenvalue weighted by Crippen LogP contribution is -2.10. The first-order chi connectivity index (χ1) is 7.96. The van der Waals surface area contributed by atoms with Gasteiger partial charge in [-0.15, -0.1) is 0 Å². The van der Waals surface area contributed by atoms with Gasteiger partial charge in [0.2, 0.25) is 0 Å². The largest absolute Gasteiger partial charge is 0.493 e. The number of aryl methyl sites for hydroxylation is 2. The van der Waals surface area contributed by atoms with Crippen LogP contribution in [0.1, 0.15) is 37.8 Å². The molecule has 0 radical (unpaired) electrons. The number of rotatable bonds is 5. The van der Waals surface area contributed by atoms with E-state index in [1.165, 1.54) is 11.1 Å². The van der Waals surface area contributed by atoms with E-state index < -0.39 is 0 Å². The molecule has 0 spiro atoms. The number of nitrogens with zero attached hydrogens (tertiary/aromatic N) is 1. The molecule has 0 fully saturated rings. The Morgan fingerprint density at radius 1 is 1.24 bits per heavy atom. The quantitative estimate of drug-likeness (QED) is 0.717. The standard InChI is InChI=1S/C15H21NO/c1-12-7-5-8-13(2)14(12)17-10-6-9-15(3,4)11-16/h5,7-8H,6,9-10H2,1-4H3. The summed E-state index contributed by atoms with van der Waals surface area (Å²) in [7, 11) is 0. The SMILES string of the molecule is Cc1cccc(C)c1OCCCC(C)(C)C#N. The normalized spacial score (nSPS) is 11.0. The molecule has 0 unspecified atom stereocenters. The predicted molar refractivity (Wildman–Crippen MR) is 70.0 cm³/mol. The van der Waals surface area contributed by atoms with Crippen molar-refractivity contribution < 1.29 is 4.74 Å². The van der Waals surface area contributed by atoms with E-state index in [0.29, 0.717) is 6.61 Å². The van der Waals surface area contributed by atoms with Crippen LogP contribution in [-0.4, -0.2) is 6.61 Å². The summed E-state index contributed by atoms with van der Waals surface area (Å²) in [6.07, 6.45) is 1.78. The van der Waals surface area contributed by atoms with Crippen LogP contribution in [0.2, 0.25) is 0 Å². The van der Waals surface area contributed by atoms with Crippen molar-refractivity contribution in [3.63, 3.8) is 0 Å². The van der Waals surface area contributed by atoms with Crippen molar-refractivity contribution in [1.82, 2.24) is 0 Å². The van der Waals surface area contributed by atoms with Gasteiger partial charge in [-0.25, -0.2) is 0 Å². The summed E-state index contributed by atoms with van der Waals surface area (Å²) < 4.78 is 5.80. The highest BCUT2D eigenvalue weighted by molar-refractivity contribution is 5.39. The zero-order valence-corrected chi connectivity index (χ0v) is 11.2. The second kappa shape index (κ2) is 5.72. The Labute approximate surface area is 104 Å². The third kappa shape index (κ3) is 4.11. The van der Waals surface area contributed by atoms with Crippen LogP contribution in [0.4, 0.5) is 0 Å². The molecular formula is C15H21NO. The van der Waals surface area contributed by atoms with Crippen LogP contribution < -0.4 is 4.74 Å². The van der Waals surface area contributed by atoms with E-state index in [1.54, 1.807) is 0 Å². The van der Waals surface area contributed by atoms with E-state index in [-0.39, 0.29) is 5.41 Å². The fraction of sp³-hybridized carbons (Fsp3) is 0.533. The van der Waals surface area contributed by atoms with Crippen molar-refractivity contribution >= 4 is 0 Å². The van der Waals surface area contributed by atoms with Gasteiger partial charge in [0.05, 0.1) is 18.1 Å². The summed E-state index contributed by atoms with van der Waals surface area (Å²) in [6.45, 7) is 8.72. The van der Waals surface area contributed by atoms with Crippen molar-refractivity contribution in [3.8, 4) is 11.8 Å². The van der Waals surface area contributed by atoms with Gasteiger partial charge in [-0.1, -0.05) is 18.2 Å². The zero-order chi connectivity index (χ0) is 12.9. The molecule has 0 saturated heterocycles. The number of nitriles is 1. The Bertz CT molecular complexity index is 395. The molecule has 0 atom stereocenters. The maximum absolute atomic E-state index is 8.91. The molecule has 0 amide bonds. The summed E-state index contributed by atoms with van der Waals surface area (Å²) in [6, 6.07) is 8.46. The Morgan fingerprint density at radius 2 is 1.82 bits per heavy atom. The third-order valence-electron chi connectivity index (χ3n) is 2.90. The summed E-state index contributed by atoms with van der Waals surface area (Å²) in [5.74, 6) is 0.988. The van der Waals surface area contributed by atoms with E-state index in [9.17, 15) is 0 Å². The van der Waals surface area contributed by atoms with Crippen molar-refractivity contribution in [2.45, 2.75) is 40.5 Å². The van der Waals surface area contributed by atoms with Gasteiger partial charge < -0.3 is 4.74 Å². The maximum atomic E-state index is 8.91.